The van der Waals surface area contributed by atoms with Crippen LogP contribution in [0.5, 0.6) is 0 Å². The number of ether oxygens (including phenoxy) is 2. The van der Waals surface area contributed by atoms with Gasteiger partial charge in [-0.3, -0.25) is 9.80 Å². The highest BCUT2D eigenvalue weighted by molar-refractivity contribution is 5.79. The Bertz CT molecular complexity index is 638. The highest BCUT2D eigenvalue weighted by atomic mass is 16.7. The van der Waals surface area contributed by atoms with Gasteiger partial charge in [-0.15, -0.1) is 0 Å². The van der Waals surface area contributed by atoms with Crippen LogP contribution in [0.4, 0.5) is 11.4 Å². The first kappa shape index (κ1) is 14.2. The van der Waals surface area contributed by atoms with E-state index >= 15 is 0 Å². The molecule has 2 heterocycles. The number of nitrogens with one attached hydrogen (secondary N) is 1. The molecule has 118 valence electrons. The average Bonchev–Trinajstić information content (AvgIpc) is 3.15. The van der Waals surface area contributed by atoms with Gasteiger partial charge in [0.25, 0.3) is 0 Å². The normalized spacial score (nSPS) is 25.9. The third kappa shape index (κ3) is 2.69. The minimum absolute atomic E-state index is 0.0532. The summed E-state index contributed by atoms with van der Waals surface area (Å²) in [5.74, 6) is -0.200. The molecule has 0 saturated carbocycles. The summed E-state index contributed by atoms with van der Waals surface area (Å²) < 4.78 is 10.8. The highest BCUT2D eigenvalue weighted by Gasteiger charge is 2.49. The molecule has 0 aliphatic carbocycles. The number of carbonyl (C=O) groups is 1. The second kappa shape index (κ2) is 6.02. The molecule has 2 aliphatic rings. The van der Waals surface area contributed by atoms with Crippen LogP contribution in [0.15, 0.2) is 60.7 Å². The van der Waals surface area contributed by atoms with Gasteiger partial charge in [0.2, 0.25) is 6.29 Å². The summed E-state index contributed by atoms with van der Waals surface area (Å²) in [7, 11) is 0. The van der Waals surface area contributed by atoms with E-state index < -0.39 is 12.3 Å². The van der Waals surface area contributed by atoms with Gasteiger partial charge in [-0.05, 0) is 30.7 Å². The van der Waals surface area contributed by atoms with Crippen LogP contribution in [0.3, 0.4) is 0 Å². The van der Waals surface area contributed by atoms with Crippen molar-refractivity contribution >= 4 is 17.3 Å². The quantitative estimate of drug-likeness (QED) is 0.695. The van der Waals surface area contributed by atoms with E-state index in [1.165, 1.54) is 0 Å². The van der Waals surface area contributed by atoms with Crippen molar-refractivity contribution in [2.45, 2.75) is 18.8 Å². The number of nitrogens with zero attached hydrogens (tertiary/aromatic N) is 1. The topological polar surface area (TPSA) is 50.8 Å². The molecule has 0 amide bonds. The molecule has 2 aromatic rings. The third-order valence-corrected chi connectivity index (χ3v) is 4.29. The largest absolute Gasteiger partial charge is 0.434 e. The summed E-state index contributed by atoms with van der Waals surface area (Å²) in [5.41, 5.74) is 5.28. The molecule has 2 aromatic carbocycles. The fourth-order valence-corrected chi connectivity index (χ4v) is 3.13. The van der Waals surface area contributed by atoms with Gasteiger partial charge in [0.1, 0.15) is 6.04 Å². The molecule has 0 unspecified atom stereocenters. The summed E-state index contributed by atoms with van der Waals surface area (Å²) in [4.78, 5) is 12.2. The highest BCUT2D eigenvalue weighted by Crippen LogP contribution is 2.33. The number of hydrogen-bond donors (Lipinski definition) is 1. The van der Waals surface area contributed by atoms with Crippen LogP contribution in [0.25, 0.3) is 0 Å². The maximum atomic E-state index is 12.2. The van der Waals surface area contributed by atoms with Crippen LogP contribution in [0, 0.1) is 5.92 Å². The van der Waals surface area contributed by atoms with Gasteiger partial charge in [-0.25, -0.2) is 5.43 Å². The first-order valence-electron chi connectivity index (χ1n) is 7.81. The van der Waals surface area contributed by atoms with Crippen molar-refractivity contribution in [3.05, 3.63) is 60.7 Å². The maximum Gasteiger partial charge on any atom is 0.327 e. The first-order chi connectivity index (χ1) is 11.3. The standard InChI is InChI=1S/C18H18N2O3/c21-17-16(15-11-12-22-18(15)23-17)19-20(13-7-3-1-4-8-13)14-9-5-2-6-10-14/h1-10,15-16,18-19H,11-12H2/t15-,16+,18+/m0/s1. The fourth-order valence-electron chi connectivity index (χ4n) is 3.13. The Hall–Kier alpha value is -2.37. The summed E-state index contributed by atoms with van der Waals surface area (Å²) in [6, 6.07) is 19.4. The molecule has 3 atom stereocenters. The van der Waals surface area contributed by atoms with Crippen molar-refractivity contribution in [2.75, 3.05) is 11.6 Å². The molecule has 23 heavy (non-hydrogen) atoms. The first-order valence-corrected chi connectivity index (χ1v) is 7.81. The molecular weight excluding hydrogens is 292 g/mol. The molecule has 5 nitrogen and oxygen atoms in total. The Morgan fingerprint density at radius 2 is 1.57 bits per heavy atom. The number of fused-ring (bicyclic) bond motifs is 1. The Morgan fingerprint density at radius 1 is 0.957 bits per heavy atom. The summed E-state index contributed by atoms with van der Waals surface area (Å²) in [6.45, 7) is 0.636. The molecule has 4 rings (SSSR count). The summed E-state index contributed by atoms with van der Waals surface area (Å²) >= 11 is 0. The molecule has 5 heteroatoms. The second-order valence-electron chi connectivity index (χ2n) is 5.74. The smallest absolute Gasteiger partial charge is 0.327 e. The van der Waals surface area contributed by atoms with Crippen molar-refractivity contribution in [3.63, 3.8) is 0 Å². The number of anilines is 2. The minimum Gasteiger partial charge on any atom is -0.434 e. The molecular formula is C18H18N2O3. The lowest BCUT2D eigenvalue weighted by Gasteiger charge is -2.29. The number of carbonyl (C=O) groups excluding carboxylic acids is 1. The van der Waals surface area contributed by atoms with Gasteiger partial charge >= 0.3 is 5.97 Å². The molecule has 0 radical (unpaired) electrons. The zero-order valence-corrected chi connectivity index (χ0v) is 12.6. The SMILES string of the molecule is O=C1O[C@H]2OCC[C@H]2[C@H]1NN(c1ccccc1)c1ccccc1. The van der Waals surface area contributed by atoms with Gasteiger partial charge in [0.15, 0.2) is 0 Å². The lowest BCUT2D eigenvalue weighted by atomic mass is 10.0. The van der Waals surface area contributed by atoms with E-state index in [4.69, 9.17) is 9.47 Å². The molecule has 0 aromatic heterocycles. The molecule has 2 fully saturated rings. The van der Waals surface area contributed by atoms with Crippen molar-refractivity contribution in [1.82, 2.24) is 5.43 Å². The Labute approximate surface area is 134 Å². The predicted molar refractivity (Wildman–Crippen MR) is 85.9 cm³/mol. The van der Waals surface area contributed by atoms with E-state index in [9.17, 15) is 4.79 Å². The van der Waals surface area contributed by atoms with Gasteiger partial charge in [0.05, 0.1) is 23.9 Å². The lowest BCUT2D eigenvalue weighted by Crippen LogP contribution is -2.47. The van der Waals surface area contributed by atoms with Crippen LogP contribution >= 0.6 is 0 Å². The number of hydrogen-bond acceptors (Lipinski definition) is 5. The monoisotopic (exact) mass is 310 g/mol. The second-order valence-corrected chi connectivity index (χ2v) is 5.74. The van der Waals surface area contributed by atoms with Crippen molar-refractivity contribution in [1.29, 1.82) is 0 Å². The number of esters is 1. The lowest BCUT2D eigenvalue weighted by molar-refractivity contribution is -0.159. The van der Waals surface area contributed by atoms with Crippen LogP contribution in [-0.2, 0) is 14.3 Å². The maximum absolute atomic E-state index is 12.2. The van der Waals surface area contributed by atoms with Crippen LogP contribution in [0.1, 0.15) is 6.42 Å². The van der Waals surface area contributed by atoms with E-state index in [0.717, 1.165) is 17.8 Å². The Kier molecular flexibility index (Phi) is 3.73. The zero-order chi connectivity index (χ0) is 15.6. The summed E-state index contributed by atoms with van der Waals surface area (Å²) in [6.07, 6.45) is 0.416. The third-order valence-electron chi connectivity index (χ3n) is 4.29. The molecule has 1 N–H and O–H groups in total. The minimum atomic E-state index is -0.409. The number of para-hydroxylation sites is 2. The van der Waals surface area contributed by atoms with E-state index in [1.54, 1.807) is 0 Å². The van der Waals surface area contributed by atoms with E-state index in [1.807, 2.05) is 65.7 Å². The van der Waals surface area contributed by atoms with Crippen LogP contribution < -0.4 is 10.4 Å². The van der Waals surface area contributed by atoms with Gasteiger partial charge in [-0.1, -0.05) is 36.4 Å². The van der Waals surface area contributed by atoms with Gasteiger partial charge < -0.3 is 9.47 Å². The van der Waals surface area contributed by atoms with E-state index in [0.29, 0.717) is 6.61 Å². The molecule has 0 spiro atoms. The molecule has 0 bridgehead atoms. The fraction of sp³-hybridized carbons (Fsp3) is 0.278. The van der Waals surface area contributed by atoms with Crippen LogP contribution in [0.2, 0.25) is 0 Å². The van der Waals surface area contributed by atoms with Gasteiger partial charge in [-0.2, -0.15) is 0 Å². The van der Waals surface area contributed by atoms with Crippen molar-refractivity contribution in [3.8, 4) is 0 Å². The van der Waals surface area contributed by atoms with Crippen molar-refractivity contribution < 1.29 is 14.3 Å². The zero-order valence-electron chi connectivity index (χ0n) is 12.6. The van der Waals surface area contributed by atoms with E-state index in [-0.39, 0.29) is 11.9 Å². The number of benzene rings is 2. The molecule has 2 aliphatic heterocycles. The summed E-state index contributed by atoms with van der Waals surface area (Å²) in [5, 5.41) is 1.94. The van der Waals surface area contributed by atoms with Crippen molar-refractivity contribution in [2.24, 2.45) is 5.92 Å². The number of rotatable bonds is 4. The van der Waals surface area contributed by atoms with Gasteiger partial charge in [0, 0.05) is 0 Å². The van der Waals surface area contributed by atoms with Crippen LogP contribution in [-0.4, -0.2) is 24.9 Å². The Morgan fingerprint density at radius 3 is 2.17 bits per heavy atom. The molecule has 2 saturated heterocycles. The van der Waals surface area contributed by atoms with E-state index in [2.05, 4.69) is 5.43 Å². The average molecular weight is 310 g/mol. The number of hydrazine groups is 1. The predicted octanol–water partition coefficient (Wildman–Crippen LogP) is 2.62. The Balaban J connectivity index is 1.65.